The molecule has 0 aliphatic heterocycles. The molecule has 0 heterocycles. The highest BCUT2D eigenvalue weighted by Crippen LogP contribution is 2.21. The van der Waals surface area contributed by atoms with E-state index in [2.05, 4.69) is 5.32 Å². The van der Waals surface area contributed by atoms with Crippen molar-refractivity contribution in [2.75, 3.05) is 13.7 Å². The number of benzene rings is 2. The van der Waals surface area contributed by atoms with Gasteiger partial charge in [-0.05, 0) is 31.7 Å². The van der Waals surface area contributed by atoms with Gasteiger partial charge in [-0.2, -0.15) is 0 Å². The van der Waals surface area contributed by atoms with Gasteiger partial charge in [0.1, 0.15) is 18.2 Å². The molecule has 0 radical (unpaired) electrons. The van der Waals surface area contributed by atoms with E-state index in [0.717, 1.165) is 11.3 Å². The maximum Gasteiger partial charge on any atom is 0.128 e. The number of rotatable bonds is 5. The van der Waals surface area contributed by atoms with Gasteiger partial charge >= 0.3 is 0 Å². The number of nitrogens with one attached hydrogen (secondary N) is 1. The number of hydrogen-bond donors (Lipinski definition) is 1. The molecule has 0 amide bonds. The summed E-state index contributed by atoms with van der Waals surface area (Å²) in [6.07, 6.45) is 0. The van der Waals surface area contributed by atoms with Gasteiger partial charge in [0.25, 0.3) is 0 Å². The molecular formula is C16H18FNO. The Hall–Kier alpha value is -1.87. The second-order valence-corrected chi connectivity index (χ2v) is 4.44. The molecule has 0 fully saturated rings. The molecule has 19 heavy (non-hydrogen) atoms. The van der Waals surface area contributed by atoms with Gasteiger partial charge < -0.3 is 10.1 Å². The molecule has 2 aromatic rings. The van der Waals surface area contributed by atoms with Crippen molar-refractivity contribution in [3.8, 4) is 5.75 Å². The third-order valence-corrected chi connectivity index (χ3v) is 3.13. The van der Waals surface area contributed by atoms with Gasteiger partial charge in [0.05, 0.1) is 6.04 Å². The summed E-state index contributed by atoms with van der Waals surface area (Å²) in [5, 5.41) is 3.08. The summed E-state index contributed by atoms with van der Waals surface area (Å²) in [7, 11) is 1.80. The van der Waals surface area contributed by atoms with Crippen LogP contribution in [0.25, 0.3) is 0 Å². The minimum atomic E-state index is -0.213. The molecule has 0 aliphatic rings. The van der Waals surface area contributed by atoms with Gasteiger partial charge in [-0.1, -0.05) is 36.4 Å². The SMILES string of the molecule is CNC(COc1ccccc1C)c1ccccc1F. The smallest absolute Gasteiger partial charge is 0.128 e. The lowest BCUT2D eigenvalue weighted by atomic mass is 10.1. The summed E-state index contributed by atoms with van der Waals surface area (Å²) >= 11 is 0. The zero-order valence-electron chi connectivity index (χ0n) is 11.2. The van der Waals surface area contributed by atoms with E-state index >= 15 is 0 Å². The molecule has 0 aliphatic carbocycles. The Labute approximate surface area is 113 Å². The van der Waals surface area contributed by atoms with Crippen LogP contribution in [0, 0.1) is 12.7 Å². The first-order valence-electron chi connectivity index (χ1n) is 6.32. The number of aryl methyl sites for hydroxylation is 1. The van der Waals surface area contributed by atoms with Crippen molar-refractivity contribution in [3.63, 3.8) is 0 Å². The molecule has 0 saturated carbocycles. The van der Waals surface area contributed by atoms with Crippen molar-refractivity contribution in [2.24, 2.45) is 0 Å². The van der Waals surface area contributed by atoms with Crippen LogP contribution in [0.4, 0.5) is 4.39 Å². The molecule has 0 aromatic heterocycles. The molecule has 1 N–H and O–H groups in total. The number of likely N-dealkylation sites (N-methyl/N-ethyl adjacent to an activating group) is 1. The van der Waals surface area contributed by atoms with Crippen molar-refractivity contribution in [1.82, 2.24) is 5.32 Å². The van der Waals surface area contributed by atoms with Crippen molar-refractivity contribution >= 4 is 0 Å². The van der Waals surface area contributed by atoms with Crippen LogP contribution in [0.5, 0.6) is 5.75 Å². The van der Waals surface area contributed by atoms with Crippen LogP contribution in [0.1, 0.15) is 17.2 Å². The zero-order valence-corrected chi connectivity index (χ0v) is 11.2. The van der Waals surface area contributed by atoms with E-state index in [9.17, 15) is 4.39 Å². The number of para-hydroxylation sites is 1. The standard InChI is InChI=1S/C16H18FNO/c1-12-7-3-6-10-16(12)19-11-15(18-2)13-8-4-5-9-14(13)17/h3-10,15,18H,11H2,1-2H3. The molecule has 2 nitrogen and oxygen atoms in total. The van der Waals surface area contributed by atoms with E-state index in [1.54, 1.807) is 19.2 Å². The van der Waals surface area contributed by atoms with Gasteiger partial charge in [-0.15, -0.1) is 0 Å². The summed E-state index contributed by atoms with van der Waals surface area (Å²) in [4.78, 5) is 0. The average Bonchev–Trinajstić information content (AvgIpc) is 2.43. The van der Waals surface area contributed by atoms with E-state index in [1.165, 1.54) is 6.07 Å². The van der Waals surface area contributed by atoms with Crippen LogP contribution >= 0.6 is 0 Å². The fraction of sp³-hybridized carbons (Fsp3) is 0.250. The lowest BCUT2D eigenvalue weighted by molar-refractivity contribution is 0.268. The summed E-state index contributed by atoms with van der Waals surface area (Å²) in [6.45, 7) is 2.38. The van der Waals surface area contributed by atoms with E-state index < -0.39 is 0 Å². The van der Waals surface area contributed by atoms with Gasteiger partial charge in [0, 0.05) is 5.56 Å². The molecule has 2 rings (SSSR count). The molecular weight excluding hydrogens is 241 g/mol. The molecule has 0 bridgehead atoms. The molecule has 1 unspecified atom stereocenters. The van der Waals surface area contributed by atoms with E-state index in [0.29, 0.717) is 12.2 Å². The fourth-order valence-corrected chi connectivity index (χ4v) is 1.98. The van der Waals surface area contributed by atoms with Crippen LogP contribution in [0.2, 0.25) is 0 Å². The largest absolute Gasteiger partial charge is 0.491 e. The first-order valence-corrected chi connectivity index (χ1v) is 6.32. The Kier molecular flexibility index (Phi) is 4.53. The minimum absolute atomic E-state index is 0.166. The maximum atomic E-state index is 13.7. The highest BCUT2D eigenvalue weighted by molar-refractivity contribution is 5.32. The van der Waals surface area contributed by atoms with Crippen molar-refractivity contribution in [1.29, 1.82) is 0 Å². The topological polar surface area (TPSA) is 21.3 Å². The summed E-state index contributed by atoms with van der Waals surface area (Å²) in [5.41, 5.74) is 1.70. The van der Waals surface area contributed by atoms with Crippen molar-refractivity contribution in [3.05, 3.63) is 65.5 Å². The summed E-state index contributed by atoms with van der Waals surface area (Å²) in [6, 6.07) is 14.4. The van der Waals surface area contributed by atoms with Gasteiger partial charge in [-0.3, -0.25) is 0 Å². The second kappa shape index (κ2) is 6.34. The van der Waals surface area contributed by atoms with Crippen LogP contribution < -0.4 is 10.1 Å². The molecule has 0 spiro atoms. The maximum absolute atomic E-state index is 13.7. The third-order valence-electron chi connectivity index (χ3n) is 3.13. The third kappa shape index (κ3) is 3.32. The average molecular weight is 259 g/mol. The molecule has 2 aromatic carbocycles. The molecule has 100 valence electrons. The van der Waals surface area contributed by atoms with Gasteiger partial charge in [0.15, 0.2) is 0 Å². The highest BCUT2D eigenvalue weighted by atomic mass is 19.1. The zero-order chi connectivity index (χ0) is 13.7. The van der Waals surface area contributed by atoms with E-state index in [1.807, 2.05) is 37.3 Å². The van der Waals surface area contributed by atoms with Crippen LogP contribution in [0.3, 0.4) is 0 Å². The van der Waals surface area contributed by atoms with Crippen LogP contribution in [0.15, 0.2) is 48.5 Å². The molecule has 3 heteroatoms. The number of ether oxygens (including phenoxy) is 1. The van der Waals surface area contributed by atoms with Crippen molar-refractivity contribution < 1.29 is 9.13 Å². The van der Waals surface area contributed by atoms with E-state index in [-0.39, 0.29) is 11.9 Å². The second-order valence-electron chi connectivity index (χ2n) is 4.44. The predicted octanol–water partition coefficient (Wildman–Crippen LogP) is 3.47. The van der Waals surface area contributed by atoms with Crippen LogP contribution in [-0.4, -0.2) is 13.7 Å². The highest BCUT2D eigenvalue weighted by Gasteiger charge is 2.14. The lowest BCUT2D eigenvalue weighted by Crippen LogP contribution is -2.24. The predicted molar refractivity (Wildman–Crippen MR) is 74.9 cm³/mol. The Morgan fingerprint density at radius 1 is 1.11 bits per heavy atom. The van der Waals surface area contributed by atoms with Crippen molar-refractivity contribution in [2.45, 2.75) is 13.0 Å². The summed E-state index contributed by atoms with van der Waals surface area (Å²) < 4.78 is 19.5. The Balaban J connectivity index is 2.09. The normalized spacial score (nSPS) is 12.2. The van der Waals surface area contributed by atoms with Gasteiger partial charge in [-0.25, -0.2) is 4.39 Å². The first-order chi connectivity index (χ1) is 9.22. The Morgan fingerprint density at radius 3 is 2.47 bits per heavy atom. The van der Waals surface area contributed by atoms with Crippen LogP contribution in [-0.2, 0) is 0 Å². The first kappa shape index (κ1) is 13.6. The van der Waals surface area contributed by atoms with Gasteiger partial charge in [0.2, 0.25) is 0 Å². The van der Waals surface area contributed by atoms with E-state index in [4.69, 9.17) is 4.74 Å². The molecule has 0 saturated heterocycles. The fourth-order valence-electron chi connectivity index (χ4n) is 1.98. The Morgan fingerprint density at radius 2 is 1.79 bits per heavy atom. The number of hydrogen-bond acceptors (Lipinski definition) is 2. The Bertz CT molecular complexity index is 542. The quantitative estimate of drug-likeness (QED) is 0.887. The molecule has 1 atom stereocenters. The lowest BCUT2D eigenvalue weighted by Gasteiger charge is -2.18. The summed E-state index contributed by atoms with van der Waals surface area (Å²) in [5.74, 6) is 0.620. The minimum Gasteiger partial charge on any atom is -0.491 e. The number of halogens is 1. The monoisotopic (exact) mass is 259 g/mol.